The minimum absolute atomic E-state index is 0.373. The molecule has 10 aromatic rings. The van der Waals surface area contributed by atoms with Gasteiger partial charge in [0.05, 0.1) is 5.41 Å². The molecule has 316 valence electrons. The Bertz CT molecular complexity index is 3540. The largest absolute Gasteiger partial charge is 0.310 e. The molecule has 66 heavy (non-hydrogen) atoms. The van der Waals surface area contributed by atoms with Crippen molar-refractivity contribution in [2.24, 2.45) is 0 Å². The molecule has 0 saturated carbocycles. The van der Waals surface area contributed by atoms with Gasteiger partial charge in [0.15, 0.2) is 0 Å². The van der Waals surface area contributed by atoms with Crippen LogP contribution < -0.4 is 4.90 Å². The van der Waals surface area contributed by atoms with Crippen LogP contribution in [0, 0.1) is 0 Å². The molecule has 3 aliphatic carbocycles. The summed E-state index contributed by atoms with van der Waals surface area (Å²) in [5.74, 6) is 0. The highest BCUT2D eigenvalue weighted by atomic mass is 15.1. The van der Waals surface area contributed by atoms with Gasteiger partial charge in [0.25, 0.3) is 0 Å². The van der Waals surface area contributed by atoms with Crippen LogP contribution in [0.4, 0.5) is 17.1 Å². The number of anilines is 3. The summed E-state index contributed by atoms with van der Waals surface area (Å²) in [5.41, 5.74) is 19.6. The number of hydrogen-bond donors (Lipinski definition) is 0. The number of rotatable bonds is 7. The Kier molecular flexibility index (Phi) is 9.38. The van der Waals surface area contributed by atoms with Crippen LogP contribution in [-0.2, 0) is 18.3 Å². The van der Waals surface area contributed by atoms with Gasteiger partial charge in [0, 0.05) is 17.1 Å². The second-order valence-corrected chi connectivity index (χ2v) is 18.8. The minimum atomic E-state index is -0.373. The third-order valence-electron chi connectivity index (χ3n) is 15.3. The predicted molar refractivity (Wildman–Crippen MR) is 279 cm³/mol. The highest BCUT2D eigenvalue weighted by Gasteiger charge is 2.47. The van der Waals surface area contributed by atoms with Crippen molar-refractivity contribution in [3.05, 3.63) is 246 Å². The summed E-state index contributed by atoms with van der Waals surface area (Å²) < 4.78 is 0. The van der Waals surface area contributed by atoms with Crippen LogP contribution in [0.25, 0.3) is 65.7 Å². The molecule has 10 aromatic carbocycles. The molecule has 0 radical (unpaired) electrons. The van der Waals surface area contributed by atoms with Crippen molar-refractivity contribution in [2.75, 3.05) is 4.90 Å². The molecule has 0 N–H and O–H groups in total. The smallest absolute Gasteiger partial charge is 0.0674 e. The van der Waals surface area contributed by atoms with E-state index in [1.165, 1.54) is 125 Å². The topological polar surface area (TPSA) is 3.24 Å². The first-order valence-electron chi connectivity index (χ1n) is 24.2. The van der Waals surface area contributed by atoms with E-state index in [-0.39, 0.29) is 5.41 Å². The number of aryl methyl sites for hydroxylation is 1. The van der Waals surface area contributed by atoms with E-state index in [4.69, 9.17) is 0 Å². The summed E-state index contributed by atoms with van der Waals surface area (Å²) in [4.78, 5) is 2.52. The van der Waals surface area contributed by atoms with Crippen molar-refractivity contribution in [1.29, 1.82) is 0 Å². The summed E-state index contributed by atoms with van der Waals surface area (Å²) in [6.45, 7) is 0. The highest BCUT2D eigenvalue weighted by molar-refractivity contribution is 6.13. The van der Waals surface area contributed by atoms with Gasteiger partial charge < -0.3 is 4.90 Å². The van der Waals surface area contributed by atoms with Crippen LogP contribution in [0.1, 0.15) is 66.3 Å². The van der Waals surface area contributed by atoms with Crippen molar-refractivity contribution in [1.82, 2.24) is 0 Å². The predicted octanol–water partition coefficient (Wildman–Crippen LogP) is 17.6. The summed E-state index contributed by atoms with van der Waals surface area (Å²) in [6.07, 6.45) is 12.0. The molecule has 0 fully saturated rings. The molecular formula is C65H51N. The van der Waals surface area contributed by atoms with Gasteiger partial charge in [-0.3, -0.25) is 0 Å². The number of benzene rings is 10. The molecular weight excluding hydrogens is 795 g/mol. The van der Waals surface area contributed by atoms with Crippen molar-refractivity contribution < 1.29 is 0 Å². The molecule has 0 aromatic heterocycles. The van der Waals surface area contributed by atoms with Gasteiger partial charge in [-0.2, -0.15) is 0 Å². The fourth-order valence-corrected chi connectivity index (χ4v) is 12.4. The first kappa shape index (κ1) is 38.9. The lowest BCUT2D eigenvalue weighted by atomic mass is 9.65. The van der Waals surface area contributed by atoms with E-state index < -0.39 is 0 Å². The van der Waals surface area contributed by atoms with Crippen LogP contribution >= 0.6 is 0 Å². The molecule has 1 unspecified atom stereocenters. The molecule has 0 heterocycles. The first-order chi connectivity index (χ1) is 32.7. The van der Waals surface area contributed by atoms with Gasteiger partial charge in [-0.15, -0.1) is 0 Å². The maximum absolute atomic E-state index is 2.58. The van der Waals surface area contributed by atoms with Crippen molar-refractivity contribution in [3.63, 3.8) is 0 Å². The monoisotopic (exact) mass is 845 g/mol. The number of allylic oxidation sites excluding steroid dienone is 2. The molecule has 13 rings (SSSR count). The standard InChI is InChI=1S/C65H51N/c1-3-21-48(22-4-1)65(49-23-5-2-6-24-49)63-33-16-15-32-59(63)60-39-38-52(43-64(60)65)66(50-36-34-44(35-37-50)61-41-46-18-7-9-26-53(46)55-28-11-13-30-57(55)61)51-25-17-20-45(40-51)62-42-47-19-8-10-27-54(47)56-29-12-14-31-58(56)62/h1,3-4,7-11,13,15-23,25-28,30,32-43H,2,5-6,12,14,24,29,31H2. The number of hydrogen-bond acceptors (Lipinski definition) is 1. The average Bonchev–Trinajstić information content (AvgIpc) is 3.69. The fourth-order valence-electron chi connectivity index (χ4n) is 12.4. The van der Waals surface area contributed by atoms with Gasteiger partial charge in [-0.1, -0.05) is 169 Å². The lowest BCUT2D eigenvalue weighted by Crippen LogP contribution is -2.30. The summed E-state index contributed by atoms with van der Waals surface area (Å²) in [5, 5.41) is 7.87. The molecule has 0 amide bonds. The average molecular weight is 846 g/mol. The highest BCUT2D eigenvalue weighted by Crippen LogP contribution is 2.59. The lowest BCUT2D eigenvalue weighted by Gasteiger charge is -2.38. The van der Waals surface area contributed by atoms with Crippen LogP contribution in [0.5, 0.6) is 0 Å². The second-order valence-electron chi connectivity index (χ2n) is 18.8. The molecule has 0 saturated heterocycles. The molecule has 0 aliphatic heterocycles. The van der Waals surface area contributed by atoms with Gasteiger partial charge in [0.2, 0.25) is 0 Å². The number of nitrogens with zero attached hydrogens (tertiary/aromatic N) is 1. The van der Waals surface area contributed by atoms with Crippen LogP contribution in [0.3, 0.4) is 0 Å². The van der Waals surface area contributed by atoms with E-state index in [0.29, 0.717) is 0 Å². The van der Waals surface area contributed by atoms with Crippen molar-refractivity contribution in [3.8, 4) is 33.4 Å². The van der Waals surface area contributed by atoms with Crippen LogP contribution in [0.2, 0.25) is 0 Å². The quantitative estimate of drug-likeness (QED) is 0.114. The molecule has 0 bridgehead atoms. The van der Waals surface area contributed by atoms with E-state index in [1.807, 2.05) is 0 Å². The summed E-state index contributed by atoms with van der Waals surface area (Å²) >= 11 is 0. The minimum Gasteiger partial charge on any atom is -0.310 e. The Morgan fingerprint density at radius 3 is 1.80 bits per heavy atom. The van der Waals surface area contributed by atoms with E-state index in [2.05, 4.69) is 217 Å². The zero-order valence-corrected chi connectivity index (χ0v) is 37.3. The zero-order valence-electron chi connectivity index (χ0n) is 37.3. The third kappa shape index (κ3) is 6.13. The van der Waals surface area contributed by atoms with Crippen LogP contribution in [0.15, 0.2) is 218 Å². The Morgan fingerprint density at radius 2 is 0.985 bits per heavy atom. The summed E-state index contributed by atoms with van der Waals surface area (Å²) in [6, 6.07) is 78.2. The second kappa shape index (κ2) is 15.9. The van der Waals surface area contributed by atoms with Gasteiger partial charge >= 0.3 is 0 Å². The van der Waals surface area contributed by atoms with E-state index in [0.717, 1.165) is 37.1 Å². The van der Waals surface area contributed by atoms with Crippen molar-refractivity contribution >= 4 is 49.4 Å². The maximum atomic E-state index is 2.58. The third-order valence-corrected chi connectivity index (χ3v) is 15.3. The normalized spacial score (nSPS) is 16.5. The number of fused-ring (bicyclic) bond motifs is 9. The molecule has 3 aliphatic rings. The molecule has 1 heteroatoms. The zero-order chi connectivity index (χ0) is 43.6. The van der Waals surface area contributed by atoms with E-state index in [1.54, 1.807) is 5.56 Å². The van der Waals surface area contributed by atoms with E-state index in [9.17, 15) is 0 Å². The Hall–Kier alpha value is -7.48. The SMILES string of the molecule is C1=C(C2(c3ccccc3)c3ccccc3-c3ccc(N(c4ccc(-c5cc6ccccc6c6ccccc56)cc4)c4cccc(-c5cc6ccccc6c6c5CCCC6)c4)cc32)CCCC1. The molecule has 1 atom stereocenters. The molecule has 1 nitrogen and oxygen atoms in total. The van der Waals surface area contributed by atoms with Gasteiger partial charge in [0.1, 0.15) is 0 Å². The Balaban J connectivity index is 1.02. The summed E-state index contributed by atoms with van der Waals surface area (Å²) in [7, 11) is 0. The maximum Gasteiger partial charge on any atom is 0.0674 e. The van der Waals surface area contributed by atoms with Gasteiger partial charge in [-0.25, -0.2) is 0 Å². The van der Waals surface area contributed by atoms with Gasteiger partial charge in [-0.05, 0) is 193 Å². The first-order valence-corrected chi connectivity index (χ1v) is 24.2. The fraction of sp³-hybridized carbons (Fsp3) is 0.138. The van der Waals surface area contributed by atoms with E-state index >= 15 is 0 Å². The Labute approximate surface area is 388 Å². The molecule has 0 spiro atoms. The lowest BCUT2D eigenvalue weighted by molar-refractivity contribution is 0.612. The Morgan fingerprint density at radius 1 is 0.348 bits per heavy atom. The van der Waals surface area contributed by atoms with Crippen molar-refractivity contribution in [2.45, 2.75) is 56.8 Å². The van der Waals surface area contributed by atoms with Crippen LogP contribution in [-0.4, -0.2) is 0 Å².